The lowest BCUT2D eigenvalue weighted by Crippen LogP contribution is -2.30. The Balaban J connectivity index is 0.000000214. The molecule has 0 bridgehead atoms. The van der Waals surface area contributed by atoms with Crippen LogP contribution in [0.25, 0.3) is 0 Å². The summed E-state index contributed by atoms with van der Waals surface area (Å²) in [6.45, 7) is 13.2. The molecule has 0 radical (unpaired) electrons. The van der Waals surface area contributed by atoms with Crippen LogP contribution in [0.3, 0.4) is 0 Å². The Hall–Kier alpha value is -6.25. The summed E-state index contributed by atoms with van der Waals surface area (Å²) in [6, 6.07) is 47.0. The molecular weight excluding hydrogens is 876 g/mol. The van der Waals surface area contributed by atoms with Gasteiger partial charge < -0.3 is 29.1 Å². The highest BCUT2D eigenvalue weighted by atomic mass is 35.5. The summed E-state index contributed by atoms with van der Waals surface area (Å²) in [5.41, 5.74) is 9.31. The third kappa shape index (κ3) is 10.7. The maximum absolute atomic E-state index is 13.2. The zero-order chi connectivity index (χ0) is 49.1. The molecule has 6 aromatic rings. The van der Waals surface area contributed by atoms with Gasteiger partial charge in [-0.05, 0) is 92.4 Å². The van der Waals surface area contributed by atoms with E-state index in [0.29, 0.717) is 16.1 Å². The predicted octanol–water partition coefficient (Wildman–Crippen LogP) is 13.9. The first-order valence-electron chi connectivity index (χ1n) is 25.0. The Morgan fingerprint density at radius 2 is 0.754 bits per heavy atom. The molecule has 0 spiro atoms. The normalized spacial score (nSPS) is 13.9. The Bertz CT molecular complexity index is 2500. The van der Waals surface area contributed by atoms with Crippen molar-refractivity contribution in [2.75, 3.05) is 74.0 Å². The number of hydrogen-bond acceptors (Lipinski definition) is 8. The smallest absolute Gasteiger partial charge is 0.340 e. The lowest BCUT2D eigenvalue weighted by atomic mass is 9.80. The van der Waals surface area contributed by atoms with E-state index in [4.69, 9.17) is 21.1 Å². The van der Waals surface area contributed by atoms with Gasteiger partial charge in [-0.25, -0.2) is 9.59 Å². The van der Waals surface area contributed by atoms with E-state index in [9.17, 15) is 9.59 Å². The van der Waals surface area contributed by atoms with Crippen molar-refractivity contribution in [3.8, 4) is 0 Å². The summed E-state index contributed by atoms with van der Waals surface area (Å²) in [5, 5.41) is 0.516. The van der Waals surface area contributed by atoms with E-state index in [0.717, 1.165) is 70.9 Å². The number of cyclic esters (lactones) is 2. The van der Waals surface area contributed by atoms with Crippen LogP contribution >= 0.6 is 11.6 Å². The third-order valence-corrected chi connectivity index (χ3v) is 13.8. The van der Waals surface area contributed by atoms with Crippen LogP contribution in [-0.2, 0) is 20.7 Å². The van der Waals surface area contributed by atoms with Crippen LogP contribution in [0.2, 0.25) is 5.02 Å². The minimum Gasteiger partial charge on any atom is -0.441 e. The molecule has 8 rings (SSSR count). The molecule has 2 aliphatic heterocycles. The highest BCUT2D eigenvalue weighted by Crippen LogP contribution is 2.49. The summed E-state index contributed by atoms with van der Waals surface area (Å²) >= 11 is 6.17. The number of anilines is 4. The minimum atomic E-state index is -1.01. The molecule has 0 N–H and O–H groups in total. The van der Waals surface area contributed by atoms with E-state index in [1.54, 1.807) is 12.1 Å². The number of carbonyl (C=O) groups is 2. The second-order valence-electron chi connectivity index (χ2n) is 18.7. The maximum Gasteiger partial charge on any atom is 0.340 e. The Morgan fingerprint density at radius 3 is 1.12 bits per heavy atom. The fraction of sp³-hybridized carbons (Fsp3) is 0.367. The van der Waals surface area contributed by atoms with Crippen LogP contribution < -0.4 is 19.6 Å². The first kappa shape index (κ1) is 50.6. The number of nitrogens with zero attached hydrogens (tertiary/aromatic N) is 4. The summed E-state index contributed by atoms with van der Waals surface area (Å²) in [7, 11) is 7.99. The zero-order valence-electron chi connectivity index (χ0n) is 42.1. The lowest BCUT2D eigenvalue weighted by molar-refractivity contribution is 0.0242. The molecule has 0 saturated carbocycles. The van der Waals surface area contributed by atoms with E-state index in [1.807, 2.05) is 117 Å². The third-order valence-electron chi connectivity index (χ3n) is 13.6. The first-order chi connectivity index (χ1) is 33.4. The van der Waals surface area contributed by atoms with Gasteiger partial charge in [0.2, 0.25) is 0 Å². The number of unbranched alkanes of at least 4 members (excludes halogenated alkanes) is 4. The molecule has 0 atom stereocenters. The molecule has 69 heavy (non-hydrogen) atoms. The highest BCUT2D eigenvalue weighted by Gasteiger charge is 2.50. The lowest BCUT2D eigenvalue weighted by Gasteiger charge is -2.32. The Kier molecular flexibility index (Phi) is 16.8. The molecule has 362 valence electrons. The van der Waals surface area contributed by atoms with Crippen LogP contribution in [0.4, 0.5) is 22.7 Å². The first-order valence-corrected chi connectivity index (χ1v) is 25.4. The van der Waals surface area contributed by atoms with Crippen LogP contribution in [0, 0.1) is 0 Å². The van der Waals surface area contributed by atoms with E-state index in [2.05, 4.69) is 86.0 Å². The van der Waals surface area contributed by atoms with Crippen molar-refractivity contribution in [2.24, 2.45) is 0 Å². The van der Waals surface area contributed by atoms with E-state index >= 15 is 0 Å². The minimum absolute atomic E-state index is 0.260. The maximum atomic E-state index is 13.2. The summed E-state index contributed by atoms with van der Waals surface area (Å²) in [6.07, 6.45) is 9.45. The number of rotatable bonds is 20. The number of esters is 2. The summed E-state index contributed by atoms with van der Waals surface area (Å²) < 4.78 is 12.5. The quantitative estimate of drug-likeness (QED) is 0.0702. The molecule has 0 unspecified atom stereocenters. The molecule has 9 heteroatoms. The number of fused-ring (bicyclic) bond motifs is 2. The van der Waals surface area contributed by atoms with Gasteiger partial charge in [-0.3, -0.25) is 0 Å². The number of carbonyl (C=O) groups excluding carboxylic acids is 2. The van der Waals surface area contributed by atoms with Gasteiger partial charge in [0.25, 0.3) is 0 Å². The summed E-state index contributed by atoms with van der Waals surface area (Å²) in [5.74, 6) is -0.625. The van der Waals surface area contributed by atoms with Crippen LogP contribution in [-0.4, -0.2) is 66.3 Å². The van der Waals surface area contributed by atoms with Crippen molar-refractivity contribution in [1.29, 1.82) is 0 Å². The average molecular weight is 948 g/mol. The SMILES string of the molecule is CCCCN(CCCC)c1ccc(C2(c3ccc(N(CCCC)CCCC)cc3)OC(=O)c3ccccc32)cc1.CN(C)c1ccc(C2(c3ccc(N(C)C)cc3)OC(=O)c3cc(Cl)ccc32)cc1. The fourth-order valence-electron chi connectivity index (χ4n) is 9.59. The molecule has 8 nitrogen and oxygen atoms in total. The standard InChI is InChI=1S/C36H48N2O2.C24H23ClN2O2/c1-5-9-25-37(26-10-6-2)31-21-17-29(18-22-31)36(34-16-14-13-15-33(34)35(39)40-36)30-19-23-32(24-20-30)38(27-11-7-3)28-12-8-4;1-26(2)19-10-5-16(6-11-19)24(17-7-12-20(13-8-17)27(3)4)22-14-9-18(25)15-21(22)23(28)29-24/h13-24H,5-12,25-28H2,1-4H3;5-15H,1-4H3. The van der Waals surface area contributed by atoms with Crippen LogP contribution in [0.15, 0.2) is 140 Å². The second-order valence-corrected chi connectivity index (χ2v) is 19.2. The Morgan fingerprint density at radius 1 is 0.420 bits per heavy atom. The van der Waals surface area contributed by atoms with Gasteiger partial charge in [0.15, 0.2) is 11.2 Å². The van der Waals surface area contributed by atoms with Crippen molar-refractivity contribution in [1.82, 2.24) is 0 Å². The van der Waals surface area contributed by atoms with E-state index < -0.39 is 11.2 Å². The molecule has 0 aromatic heterocycles. The van der Waals surface area contributed by atoms with Gasteiger partial charge >= 0.3 is 11.9 Å². The zero-order valence-corrected chi connectivity index (χ0v) is 42.8. The molecule has 0 saturated heterocycles. The molecule has 0 fully saturated rings. The van der Waals surface area contributed by atoms with Gasteiger partial charge in [0, 0.05) is 116 Å². The van der Waals surface area contributed by atoms with Gasteiger partial charge in [0.1, 0.15) is 0 Å². The molecule has 6 aromatic carbocycles. The molecule has 0 amide bonds. The number of benzene rings is 6. The number of hydrogen-bond donors (Lipinski definition) is 0. The van der Waals surface area contributed by atoms with Crippen LogP contribution in [0.1, 0.15) is 133 Å². The van der Waals surface area contributed by atoms with Gasteiger partial charge in [-0.1, -0.05) is 138 Å². The summed E-state index contributed by atoms with van der Waals surface area (Å²) in [4.78, 5) is 35.1. The van der Waals surface area contributed by atoms with Crippen molar-refractivity contribution >= 4 is 46.3 Å². The Labute approximate surface area is 416 Å². The van der Waals surface area contributed by atoms with E-state index in [-0.39, 0.29) is 11.9 Å². The van der Waals surface area contributed by atoms with Crippen molar-refractivity contribution < 1.29 is 19.1 Å². The van der Waals surface area contributed by atoms with Crippen molar-refractivity contribution in [3.05, 3.63) is 189 Å². The van der Waals surface area contributed by atoms with Gasteiger partial charge in [-0.2, -0.15) is 0 Å². The van der Waals surface area contributed by atoms with Crippen molar-refractivity contribution in [3.63, 3.8) is 0 Å². The second kappa shape index (κ2) is 22.9. The van der Waals surface area contributed by atoms with E-state index in [1.165, 1.54) is 62.7 Å². The monoisotopic (exact) mass is 947 g/mol. The topological polar surface area (TPSA) is 65.6 Å². The van der Waals surface area contributed by atoms with Crippen molar-refractivity contribution in [2.45, 2.75) is 90.3 Å². The number of ether oxygens (including phenoxy) is 2. The number of halogens is 1. The van der Waals surface area contributed by atoms with Gasteiger partial charge in [-0.15, -0.1) is 0 Å². The van der Waals surface area contributed by atoms with Crippen LogP contribution in [0.5, 0.6) is 0 Å². The molecular formula is C60H71ClN4O4. The molecule has 0 aliphatic carbocycles. The highest BCUT2D eigenvalue weighted by molar-refractivity contribution is 6.31. The fourth-order valence-corrected chi connectivity index (χ4v) is 9.76. The molecule has 2 aliphatic rings. The molecule has 2 heterocycles. The largest absolute Gasteiger partial charge is 0.441 e. The predicted molar refractivity (Wildman–Crippen MR) is 287 cm³/mol. The van der Waals surface area contributed by atoms with Gasteiger partial charge in [0.05, 0.1) is 11.1 Å². The average Bonchev–Trinajstić information content (AvgIpc) is 3.85.